The molecule has 0 radical (unpaired) electrons. The summed E-state index contributed by atoms with van der Waals surface area (Å²) >= 11 is 0. The Bertz CT molecular complexity index is 978. The molecule has 3 aromatic rings. The van der Waals surface area contributed by atoms with Crippen LogP contribution in [0.1, 0.15) is 11.8 Å². The molecule has 1 aliphatic rings. The third kappa shape index (κ3) is 3.08. The molecule has 0 aliphatic carbocycles. The van der Waals surface area contributed by atoms with Crippen LogP contribution >= 0.6 is 0 Å². The van der Waals surface area contributed by atoms with Crippen LogP contribution in [0.3, 0.4) is 0 Å². The van der Waals surface area contributed by atoms with Gasteiger partial charge in [-0.25, -0.2) is 4.98 Å². The molecule has 10 heteroatoms. The smallest absolute Gasteiger partial charge is 0.244 e. The van der Waals surface area contributed by atoms with E-state index in [4.69, 9.17) is 4.74 Å². The van der Waals surface area contributed by atoms with Gasteiger partial charge in [-0.05, 0) is 24.6 Å². The SMILES string of the molecule is Cc1cccc(Nc2nc(O)c3ncn([C@@H]4O[C@H](CO)[C@@H](O)[C@H]4O)c3n2)c1. The fraction of sp³-hybridized carbons (Fsp3) is 0.353. The lowest BCUT2D eigenvalue weighted by atomic mass is 10.1. The van der Waals surface area contributed by atoms with Crippen LogP contribution in [-0.4, -0.2) is 64.9 Å². The summed E-state index contributed by atoms with van der Waals surface area (Å²) in [5.74, 6) is -0.195. The summed E-state index contributed by atoms with van der Waals surface area (Å²) in [5, 5.41) is 42.7. The molecule has 142 valence electrons. The number of aromatic hydroxyl groups is 1. The van der Waals surface area contributed by atoms with Crippen LogP contribution in [-0.2, 0) is 4.74 Å². The molecule has 1 fully saturated rings. The second kappa shape index (κ2) is 6.74. The molecule has 2 aromatic heterocycles. The molecule has 1 aromatic carbocycles. The number of hydrogen-bond acceptors (Lipinski definition) is 9. The van der Waals surface area contributed by atoms with E-state index < -0.39 is 31.1 Å². The number of ether oxygens (including phenoxy) is 1. The van der Waals surface area contributed by atoms with Crippen LogP contribution in [0.2, 0.25) is 0 Å². The van der Waals surface area contributed by atoms with Gasteiger partial charge in [-0.15, -0.1) is 0 Å². The number of aliphatic hydroxyl groups excluding tert-OH is 3. The van der Waals surface area contributed by atoms with E-state index >= 15 is 0 Å². The van der Waals surface area contributed by atoms with E-state index in [-0.39, 0.29) is 23.0 Å². The normalized spacial score (nSPS) is 25.2. The van der Waals surface area contributed by atoms with Crippen molar-refractivity contribution in [3.8, 4) is 5.88 Å². The van der Waals surface area contributed by atoms with E-state index in [1.54, 1.807) is 0 Å². The molecule has 0 amide bonds. The maximum atomic E-state index is 10.2. The molecule has 1 aliphatic heterocycles. The van der Waals surface area contributed by atoms with Crippen LogP contribution in [0, 0.1) is 6.92 Å². The van der Waals surface area contributed by atoms with Gasteiger partial charge < -0.3 is 30.5 Å². The monoisotopic (exact) mass is 373 g/mol. The first-order valence-electron chi connectivity index (χ1n) is 8.37. The van der Waals surface area contributed by atoms with Crippen molar-refractivity contribution in [1.29, 1.82) is 0 Å². The van der Waals surface area contributed by atoms with Gasteiger partial charge in [0.25, 0.3) is 0 Å². The quantitative estimate of drug-likeness (QED) is 0.433. The van der Waals surface area contributed by atoms with Gasteiger partial charge >= 0.3 is 0 Å². The molecule has 4 atom stereocenters. The maximum Gasteiger partial charge on any atom is 0.244 e. The van der Waals surface area contributed by atoms with Gasteiger partial charge in [-0.2, -0.15) is 9.97 Å². The Morgan fingerprint density at radius 2 is 2.04 bits per heavy atom. The number of aryl methyl sites for hydroxylation is 1. The topological polar surface area (TPSA) is 146 Å². The van der Waals surface area contributed by atoms with Crippen molar-refractivity contribution < 1.29 is 25.2 Å². The van der Waals surface area contributed by atoms with Gasteiger partial charge in [0.15, 0.2) is 17.4 Å². The van der Waals surface area contributed by atoms with Gasteiger partial charge in [0.05, 0.1) is 12.9 Å². The zero-order valence-corrected chi connectivity index (χ0v) is 14.4. The molecule has 10 nitrogen and oxygen atoms in total. The largest absolute Gasteiger partial charge is 0.492 e. The summed E-state index contributed by atoms with van der Waals surface area (Å²) in [6, 6.07) is 7.55. The minimum atomic E-state index is -1.29. The fourth-order valence-electron chi connectivity index (χ4n) is 3.11. The Kier molecular flexibility index (Phi) is 4.40. The van der Waals surface area contributed by atoms with Crippen molar-refractivity contribution in [2.24, 2.45) is 0 Å². The molecular formula is C17H19N5O5. The van der Waals surface area contributed by atoms with Crippen LogP contribution < -0.4 is 5.32 Å². The third-order valence-electron chi connectivity index (χ3n) is 4.47. The van der Waals surface area contributed by atoms with Gasteiger partial charge in [0.1, 0.15) is 18.3 Å². The molecule has 5 N–H and O–H groups in total. The number of imidazole rings is 1. The first-order valence-corrected chi connectivity index (χ1v) is 8.37. The fourth-order valence-corrected chi connectivity index (χ4v) is 3.11. The molecular weight excluding hydrogens is 354 g/mol. The number of benzene rings is 1. The first-order chi connectivity index (χ1) is 13.0. The molecule has 3 heterocycles. The minimum absolute atomic E-state index is 0.127. The van der Waals surface area contributed by atoms with Gasteiger partial charge in [0, 0.05) is 5.69 Å². The maximum absolute atomic E-state index is 10.2. The number of hydrogen-bond donors (Lipinski definition) is 5. The highest BCUT2D eigenvalue weighted by Gasteiger charge is 2.44. The van der Waals surface area contributed by atoms with Gasteiger partial charge in [0.2, 0.25) is 11.8 Å². The summed E-state index contributed by atoms with van der Waals surface area (Å²) in [7, 11) is 0. The summed E-state index contributed by atoms with van der Waals surface area (Å²) in [6.07, 6.45) is -3.15. The molecule has 0 spiro atoms. The lowest BCUT2D eigenvalue weighted by molar-refractivity contribution is -0.0511. The summed E-state index contributed by atoms with van der Waals surface area (Å²) < 4.78 is 6.90. The number of nitrogens with zero attached hydrogens (tertiary/aromatic N) is 4. The number of aromatic nitrogens is 4. The highest BCUT2D eigenvalue weighted by atomic mass is 16.6. The van der Waals surface area contributed by atoms with Gasteiger partial charge in [-0.1, -0.05) is 12.1 Å². The Balaban J connectivity index is 1.72. The first kappa shape index (κ1) is 17.6. The van der Waals surface area contributed by atoms with E-state index in [0.29, 0.717) is 0 Å². The Morgan fingerprint density at radius 1 is 1.22 bits per heavy atom. The van der Waals surface area contributed by atoms with Crippen LogP contribution in [0.4, 0.5) is 11.6 Å². The average Bonchev–Trinajstić information content (AvgIpc) is 3.17. The van der Waals surface area contributed by atoms with E-state index in [1.807, 2.05) is 31.2 Å². The highest BCUT2D eigenvalue weighted by Crippen LogP contribution is 2.33. The summed E-state index contributed by atoms with van der Waals surface area (Å²) in [6.45, 7) is 1.51. The molecule has 1 saturated heterocycles. The predicted octanol–water partition coefficient (Wildman–Crippen LogP) is 0.195. The predicted molar refractivity (Wildman–Crippen MR) is 94.5 cm³/mol. The van der Waals surface area contributed by atoms with Crippen molar-refractivity contribution in [1.82, 2.24) is 19.5 Å². The second-order valence-electron chi connectivity index (χ2n) is 6.42. The summed E-state index contributed by atoms with van der Waals surface area (Å²) in [5.41, 5.74) is 2.13. The number of nitrogens with one attached hydrogen (secondary N) is 1. The van der Waals surface area contributed by atoms with E-state index in [2.05, 4.69) is 20.3 Å². The third-order valence-corrected chi connectivity index (χ3v) is 4.47. The van der Waals surface area contributed by atoms with Crippen LogP contribution in [0.5, 0.6) is 5.88 Å². The van der Waals surface area contributed by atoms with Crippen LogP contribution in [0.25, 0.3) is 11.2 Å². The van der Waals surface area contributed by atoms with Crippen molar-refractivity contribution in [2.45, 2.75) is 31.5 Å². The van der Waals surface area contributed by atoms with Gasteiger partial charge in [-0.3, -0.25) is 4.57 Å². The Hall–Kier alpha value is -2.79. The lowest BCUT2D eigenvalue weighted by Gasteiger charge is -2.16. The summed E-state index contributed by atoms with van der Waals surface area (Å²) in [4.78, 5) is 12.4. The highest BCUT2D eigenvalue weighted by molar-refractivity contribution is 5.78. The zero-order chi connectivity index (χ0) is 19.1. The Labute approximate surface area is 153 Å². The van der Waals surface area contributed by atoms with Crippen molar-refractivity contribution >= 4 is 22.8 Å². The van der Waals surface area contributed by atoms with Crippen molar-refractivity contribution in [3.05, 3.63) is 36.2 Å². The molecule has 0 saturated carbocycles. The lowest BCUT2D eigenvalue weighted by Crippen LogP contribution is -2.33. The minimum Gasteiger partial charge on any atom is -0.492 e. The van der Waals surface area contributed by atoms with E-state index in [0.717, 1.165) is 11.3 Å². The number of rotatable bonds is 4. The van der Waals surface area contributed by atoms with Crippen LogP contribution in [0.15, 0.2) is 30.6 Å². The standard InChI is InChI=1S/C17H19N5O5/c1-8-3-2-4-9(5-8)19-17-20-14-11(15(26)21-17)18-7-22(14)16-13(25)12(24)10(6-23)27-16/h2-5,7,10,12-13,16,23-25H,6H2,1H3,(H2,19,20,21,26)/t10-,12-,13-,16-/m1/s1. The second-order valence-corrected chi connectivity index (χ2v) is 6.42. The number of aliphatic hydroxyl groups is 3. The number of anilines is 2. The number of fused-ring (bicyclic) bond motifs is 1. The molecule has 0 unspecified atom stereocenters. The molecule has 0 bridgehead atoms. The van der Waals surface area contributed by atoms with Crippen molar-refractivity contribution in [2.75, 3.05) is 11.9 Å². The molecule has 27 heavy (non-hydrogen) atoms. The average molecular weight is 373 g/mol. The molecule has 4 rings (SSSR count). The Morgan fingerprint density at radius 3 is 2.74 bits per heavy atom. The zero-order valence-electron chi connectivity index (χ0n) is 14.4. The van der Waals surface area contributed by atoms with E-state index in [1.165, 1.54) is 10.9 Å². The van der Waals surface area contributed by atoms with Crippen molar-refractivity contribution in [3.63, 3.8) is 0 Å². The van der Waals surface area contributed by atoms with E-state index in [9.17, 15) is 20.4 Å².